The number of amides is 1. The highest BCUT2D eigenvalue weighted by molar-refractivity contribution is 7.92. The van der Waals surface area contributed by atoms with Crippen LogP contribution in [0.2, 0.25) is 0 Å². The number of rotatable bonds is 7. The molecule has 2 aromatic heterocycles. The summed E-state index contributed by atoms with van der Waals surface area (Å²) < 4.78 is 61.2. The van der Waals surface area contributed by atoms with E-state index in [9.17, 15) is 22.0 Å². The van der Waals surface area contributed by atoms with Gasteiger partial charge in [0.1, 0.15) is 28.0 Å². The van der Waals surface area contributed by atoms with Crippen LogP contribution in [0.25, 0.3) is 33.2 Å². The molecule has 0 aliphatic carbocycles. The molecule has 1 aliphatic rings. The predicted molar refractivity (Wildman–Crippen MR) is 172 cm³/mol. The molecule has 0 saturated carbocycles. The van der Waals surface area contributed by atoms with Gasteiger partial charge in [0.15, 0.2) is 0 Å². The lowest BCUT2D eigenvalue weighted by atomic mass is 10.00. The highest BCUT2D eigenvalue weighted by Gasteiger charge is 2.23. The number of nitrogens with two attached hydrogens (primary N) is 1. The highest BCUT2D eigenvalue weighted by Crippen LogP contribution is 2.34. The lowest BCUT2D eigenvalue weighted by Crippen LogP contribution is -2.47. The zero-order valence-corrected chi connectivity index (χ0v) is 25.8. The molecule has 6 rings (SSSR count). The smallest absolute Gasteiger partial charge is 0.264 e. The van der Waals surface area contributed by atoms with E-state index in [1.807, 2.05) is 36.2 Å². The average Bonchev–Trinajstić information content (AvgIpc) is 3.04. The highest BCUT2D eigenvalue weighted by atomic mass is 32.2. The number of ether oxygens (including phenoxy) is 1. The molecule has 1 saturated heterocycles. The number of nitrogens with one attached hydrogen (secondary N) is 1. The molecule has 46 heavy (non-hydrogen) atoms. The van der Waals surface area contributed by atoms with Crippen molar-refractivity contribution in [1.29, 1.82) is 0 Å². The van der Waals surface area contributed by atoms with Crippen LogP contribution in [0.15, 0.2) is 83.9 Å². The first kappa shape index (κ1) is 30.9. The van der Waals surface area contributed by atoms with Gasteiger partial charge in [-0.25, -0.2) is 27.2 Å². The summed E-state index contributed by atoms with van der Waals surface area (Å²) in [5, 5.41) is 0.755. The van der Waals surface area contributed by atoms with Crippen molar-refractivity contribution in [2.24, 2.45) is 0 Å². The van der Waals surface area contributed by atoms with Gasteiger partial charge in [-0.05, 0) is 66.7 Å². The quantitative estimate of drug-likeness (QED) is 0.253. The minimum Gasteiger partial charge on any atom is -0.480 e. The van der Waals surface area contributed by atoms with Crippen LogP contribution < -0.4 is 15.2 Å². The van der Waals surface area contributed by atoms with Gasteiger partial charge in [-0.3, -0.25) is 9.52 Å². The van der Waals surface area contributed by atoms with Gasteiger partial charge in [0, 0.05) is 60.5 Å². The summed E-state index contributed by atoms with van der Waals surface area (Å²) in [7, 11) is -1.09. The fourth-order valence-electron chi connectivity index (χ4n) is 5.33. The van der Waals surface area contributed by atoms with Crippen molar-refractivity contribution in [2.45, 2.75) is 4.90 Å². The topological polar surface area (TPSA) is 131 Å². The molecule has 1 fully saturated rings. The number of carbonyl (C=O) groups excluding carboxylic acids is 1. The minimum atomic E-state index is -4.45. The van der Waals surface area contributed by atoms with Crippen molar-refractivity contribution in [1.82, 2.24) is 19.8 Å². The maximum atomic E-state index is 14.3. The molecule has 3 aromatic carbocycles. The van der Waals surface area contributed by atoms with E-state index in [4.69, 9.17) is 10.5 Å². The maximum absolute atomic E-state index is 14.3. The van der Waals surface area contributed by atoms with E-state index < -0.39 is 26.6 Å². The summed E-state index contributed by atoms with van der Waals surface area (Å²) in [6, 6.07) is 18.3. The van der Waals surface area contributed by atoms with Gasteiger partial charge in [0.2, 0.25) is 5.88 Å². The molecule has 1 amide bonds. The minimum absolute atomic E-state index is 0.00791. The van der Waals surface area contributed by atoms with Gasteiger partial charge in [-0.2, -0.15) is 0 Å². The molecule has 3 N–H and O–H groups in total. The predicted octanol–water partition coefficient (Wildman–Crippen LogP) is 5.02. The van der Waals surface area contributed by atoms with Crippen molar-refractivity contribution >= 4 is 38.3 Å². The third-order valence-corrected chi connectivity index (χ3v) is 9.28. The Hall–Kier alpha value is -5.14. The van der Waals surface area contributed by atoms with Crippen molar-refractivity contribution in [3.63, 3.8) is 0 Å². The largest absolute Gasteiger partial charge is 0.480 e. The average molecular weight is 645 g/mol. The van der Waals surface area contributed by atoms with Crippen LogP contribution >= 0.6 is 0 Å². The Morgan fingerprint density at radius 1 is 0.913 bits per heavy atom. The van der Waals surface area contributed by atoms with Gasteiger partial charge in [0.25, 0.3) is 15.9 Å². The summed E-state index contributed by atoms with van der Waals surface area (Å²) in [5.41, 5.74) is 10.2. The fraction of sp³-hybridized carbons (Fsp3) is 0.182. The number of likely N-dealkylation sites (N-methyl/N-ethyl adjacent to an activating group) is 1. The molecule has 5 aromatic rings. The summed E-state index contributed by atoms with van der Waals surface area (Å²) in [6.07, 6.45) is 1.51. The normalized spacial score (nSPS) is 14.0. The number of sulfonamides is 1. The van der Waals surface area contributed by atoms with Gasteiger partial charge < -0.3 is 20.3 Å². The molecule has 0 bridgehead atoms. The van der Waals surface area contributed by atoms with E-state index in [1.54, 1.807) is 24.3 Å². The van der Waals surface area contributed by atoms with Crippen LogP contribution in [0, 0.1) is 11.6 Å². The molecule has 0 unspecified atom stereocenters. The molecule has 13 heteroatoms. The second-order valence-electron chi connectivity index (χ2n) is 11.0. The second kappa shape index (κ2) is 12.3. The van der Waals surface area contributed by atoms with Crippen molar-refractivity contribution in [2.75, 3.05) is 50.8 Å². The molecule has 236 valence electrons. The van der Waals surface area contributed by atoms with E-state index in [1.165, 1.54) is 19.4 Å². The number of fused-ring (bicyclic) bond motifs is 1. The van der Waals surface area contributed by atoms with E-state index in [0.29, 0.717) is 52.7 Å². The van der Waals surface area contributed by atoms with Gasteiger partial charge in [-0.15, -0.1) is 0 Å². The van der Waals surface area contributed by atoms with Crippen molar-refractivity contribution in [3.8, 4) is 28.1 Å². The van der Waals surface area contributed by atoms with Crippen molar-refractivity contribution in [3.05, 3.63) is 96.2 Å². The van der Waals surface area contributed by atoms with Crippen LogP contribution in [0.1, 0.15) is 10.4 Å². The number of nitrogen functional groups attached to an aromatic ring is 1. The number of hydrogen-bond donors (Lipinski definition) is 2. The molecule has 1 aliphatic heterocycles. The second-order valence-corrected chi connectivity index (χ2v) is 12.6. The number of carbonyl (C=O) groups is 1. The van der Waals surface area contributed by atoms with E-state index in [2.05, 4.69) is 19.6 Å². The lowest BCUT2D eigenvalue weighted by molar-refractivity contribution is 0.0664. The third-order valence-electron chi connectivity index (χ3n) is 7.88. The lowest BCUT2D eigenvalue weighted by Gasteiger charge is -2.32. The Morgan fingerprint density at radius 3 is 2.33 bits per heavy atom. The third kappa shape index (κ3) is 6.19. The zero-order chi connectivity index (χ0) is 32.6. The first-order valence-corrected chi connectivity index (χ1v) is 15.8. The van der Waals surface area contributed by atoms with Crippen LogP contribution in [0.5, 0.6) is 5.88 Å². The van der Waals surface area contributed by atoms with Gasteiger partial charge in [0.05, 0.1) is 12.6 Å². The van der Waals surface area contributed by atoms with Crippen LogP contribution in [-0.4, -0.2) is 74.4 Å². The van der Waals surface area contributed by atoms with Gasteiger partial charge in [-0.1, -0.05) is 18.2 Å². The SMILES string of the molecule is COc1ncc(-c2ccc3nc(N)c(-c4ccc(C(=O)N5CCN(C)CC5)cc4)cc3c2)cc1NS(=O)(=O)c1ccc(F)cc1F. The molecule has 0 radical (unpaired) electrons. The molecular formula is C33H30F2N6O4S. The monoisotopic (exact) mass is 644 g/mol. The first-order valence-electron chi connectivity index (χ1n) is 14.3. The Bertz CT molecular complexity index is 2070. The van der Waals surface area contributed by atoms with Crippen molar-refractivity contribution < 1.29 is 26.7 Å². The fourth-order valence-corrected chi connectivity index (χ4v) is 6.43. The van der Waals surface area contributed by atoms with E-state index >= 15 is 0 Å². The van der Waals surface area contributed by atoms with Crippen LogP contribution in [0.4, 0.5) is 20.3 Å². The van der Waals surface area contributed by atoms with E-state index in [-0.39, 0.29) is 17.5 Å². The van der Waals surface area contributed by atoms with Crippen LogP contribution in [0.3, 0.4) is 0 Å². The summed E-state index contributed by atoms with van der Waals surface area (Å²) in [4.78, 5) is 25.1. The first-order chi connectivity index (χ1) is 22.0. The number of nitrogens with zero attached hydrogens (tertiary/aromatic N) is 4. The number of halogens is 2. The molecule has 0 atom stereocenters. The molecule has 10 nitrogen and oxygen atoms in total. The number of aromatic nitrogens is 2. The van der Waals surface area contributed by atoms with Crippen LogP contribution in [-0.2, 0) is 10.0 Å². The Labute approximate surface area is 264 Å². The summed E-state index contributed by atoms with van der Waals surface area (Å²) in [5.74, 6) is -1.85. The molecular weight excluding hydrogens is 614 g/mol. The number of benzene rings is 3. The zero-order valence-electron chi connectivity index (χ0n) is 25.0. The number of pyridine rings is 2. The Morgan fingerprint density at radius 2 is 1.63 bits per heavy atom. The number of anilines is 2. The number of piperazine rings is 1. The molecule has 3 heterocycles. The Balaban J connectivity index is 1.30. The Kier molecular flexibility index (Phi) is 8.28. The number of methoxy groups -OCH3 is 1. The van der Waals surface area contributed by atoms with Gasteiger partial charge >= 0.3 is 0 Å². The molecule has 0 spiro atoms. The number of hydrogen-bond acceptors (Lipinski definition) is 8. The maximum Gasteiger partial charge on any atom is 0.264 e. The summed E-state index contributed by atoms with van der Waals surface area (Å²) in [6.45, 7) is 3.05. The standard InChI is InChI=1S/C33H30F2N6O4S/c1-40-11-13-41(14-12-40)33(42)21-5-3-20(4-6-21)26-16-23-15-22(7-9-28(23)38-31(26)36)24-17-29(32(45-2)37-19-24)39-46(43,44)30-10-8-25(34)18-27(30)35/h3-10,15-19,39H,11-14H2,1-2H3,(H2,36,38). The summed E-state index contributed by atoms with van der Waals surface area (Å²) >= 11 is 0. The van der Waals surface area contributed by atoms with E-state index in [0.717, 1.165) is 36.2 Å².